The second-order valence-corrected chi connectivity index (χ2v) is 10.2. The highest BCUT2D eigenvalue weighted by Gasteiger charge is 2.35. The number of ether oxygens (including phenoxy) is 1. The van der Waals surface area contributed by atoms with Gasteiger partial charge in [-0.15, -0.1) is 0 Å². The second-order valence-electron chi connectivity index (χ2n) is 8.49. The van der Waals surface area contributed by atoms with E-state index in [1.807, 2.05) is 0 Å². The number of amides is 1. The van der Waals surface area contributed by atoms with Crippen molar-refractivity contribution in [3.05, 3.63) is 71.5 Å². The third-order valence-electron chi connectivity index (χ3n) is 6.22. The molecule has 2 aliphatic heterocycles. The van der Waals surface area contributed by atoms with Crippen molar-refractivity contribution in [2.75, 3.05) is 22.8 Å². The second kappa shape index (κ2) is 9.08. The lowest BCUT2D eigenvalue weighted by Crippen LogP contribution is -2.27. The Morgan fingerprint density at radius 1 is 1.06 bits per heavy atom. The first kappa shape index (κ1) is 24.0. The Morgan fingerprint density at radius 3 is 2.50 bits per heavy atom. The predicted octanol–water partition coefficient (Wildman–Crippen LogP) is 4.34. The summed E-state index contributed by atoms with van der Waals surface area (Å²) < 4.78 is 74.2. The van der Waals surface area contributed by atoms with E-state index in [4.69, 9.17) is 4.74 Å². The van der Waals surface area contributed by atoms with Gasteiger partial charge in [-0.25, -0.2) is 23.1 Å². The molecule has 2 aliphatic rings. The Labute approximate surface area is 205 Å². The number of alkyl halides is 3. The van der Waals surface area contributed by atoms with Crippen molar-refractivity contribution in [3.63, 3.8) is 0 Å². The minimum atomic E-state index is -4.55. The Bertz CT molecular complexity index is 1410. The fourth-order valence-electron chi connectivity index (χ4n) is 4.54. The van der Waals surface area contributed by atoms with Gasteiger partial charge in [-0.1, -0.05) is 12.1 Å². The summed E-state index contributed by atoms with van der Waals surface area (Å²) in [6.07, 6.45) is -0.452. The molecule has 0 spiro atoms. The Kier molecular flexibility index (Phi) is 6.07. The third-order valence-corrected chi connectivity index (χ3v) is 7.55. The van der Waals surface area contributed by atoms with E-state index in [-0.39, 0.29) is 41.4 Å². The summed E-state index contributed by atoms with van der Waals surface area (Å²) in [6, 6.07) is 9.35. The zero-order valence-corrected chi connectivity index (χ0v) is 19.6. The van der Waals surface area contributed by atoms with Gasteiger partial charge in [0.2, 0.25) is 11.9 Å². The molecule has 1 saturated heterocycles. The molecular weight excluding hydrogens is 497 g/mol. The molecule has 1 N–H and O–H groups in total. The number of anilines is 2. The summed E-state index contributed by atoms with van der Waals surface area (Å²) in [4.78, 5) is 21.5. The van der Waals surface area contributed by atoms with Crippen molar-refractivity contribution in [1.29, 1.82) is 0 Å². The summed E-state index contributed by atoms with van der Waals surface area (Å²) in [5.74, 6) is -0.388. The monoisotopic (exact) mass is 518 g/mol. The number of carbonyl (C=O) groups is 1. The molecule has 5 rings (SSSR count). The van der Waals surface area contributed by atoms with Gasteiger partial charge < -0.3 is 9.64 Å². The molecular formula is C24H21F3N4O4S. The maximum absolute atomic E-state index is 13.5. The van der Waals surface area contributed by atoms with E-state index in [2.05, 4.69) is 14.7 Å². The quantitative estimate of drug-likeness (QED) is 0.539. The molecule has 1 atom stereocenters. The smallest absolute Gasteiger partial charge is 0.416 e. The van der Waals surface area contributed by atoms with Gasteiger partial charge in [0, 0.05) is 48.6 Å². The normalized spacial score (nSPS) is 18.0. The topological polar surface area (TPSA) is 101 Å². The van der Waals surface area contributed by atoms with Gasteiger partial charge in [0.15, 0.2) is 0 Å². The number of hydrogen-bond donors (Lipinski definition) is 1. The third kappa shape index (κ3) is 4.60. The summed E-state index contributed by atoms with van der Waals surface area (Å²) in [7, 11) is -4.01. The number of benzene rings is 2. The molecule has 0 radical (unpaired) electrons. The number of aromatic nitrogens is 2. The molecule has 0 aliphatic carbocycles. The lowest BCUT2D eigenvalue weighted by atomic mass is 9.85. The van der Waals surface area contributed by atoms with Crippen LogP contribution in [0, 0.1) is 0 Å². The fraction of sp³-hybridized carbons (Fsp3) is 0.292. The van der Waals surface area contributed by atoms with Crippen LogP contribution in [0.1, 0.15) is 41.9 Å². The number of sulfonamides is 1. The first-order chi connectivity index (χ1) is 17.1. The van der Waals surface area contributed by atoms with Crippen LogP contribution in [-0.4, -0.2) is 37.4 Å². The van der Waals surface area contributed by atoms with Gasteiger partial charge in [-0.2, -0.15) is 13.2 Å². The van der Waals surface area contributed by atoms with Crippen LogP contribution >= 0.6 is 0 Å². The van der Waals surface area contributed by atoms with Crippen molar-refractivity contribution in [2.24, 2.45) is 0 Å². The van der Waals surface area contributed by atoms with Crippen molar-refractivity contribution in [1.82, 2.24) is 9.97 Å². The lowest BCUT2D eigenvalue weighted by Gasteiger charge is -2.30. The molecule has 1 fully saturated rings. The number of fused-ring (bicyclic) bond motifs is 1. The van der Waals surface area contributed by atoms with E-state index >= 15 is 0 Å². The van der Waals surface area contributed by atoms with Gasteiger partial charge in [0.25, 0.3) is 10.0 Å². The van der Waals surface area contributed by atoms with Crippen LogP contribution in [-0.2, 0) is 21.0 Å². The Morgan fingerprint density at radius 2 is 1.81 bits per heavy atom. The number of nitrogens with zero attached hydrogens (tertiary/aromatic N) is 3. The molecule has 0 saturated carbocycles. The van der Waals surface area contributed by atoms with E-state index in [1.54, 1.807) is 12.1 Å². The van der Waals surface area contributed by atoms with Gasteiger partial charge in [-0.3, -0.25) is 4.79 Å². The van der Waals surface area contributed by atoms with E-state index < -0.39 is 21.8 Å². The van der Waals surface area contributed by atoms with E-state index in [0.29, 0.717) is 36.3 Å². The Hall–Kier alpha value is -3.67. The fourth-order valence-corrected chi connectivity index (χ4v) is 5.52. The molecule has 3 aromatic rings. The summed E-state index contributed by atoms with van der Waals surface area (Å²) in [6.45, 7) is 0.568. The molecule has 2 aromatic carbocycles. The number of carbonyl (C=O) groups excluding carboxylic acids is 1. The zero-order chi connectivity index (χ0) is 25.5. The first-order valence-electron chi connectivity index (χ1n) is 11.2. The average Bonchev–Trinajstić information content (AvgIpc) is 3.28. The maximum atomic E-state index is 13.5. The van der Waals surface area contributed by atoms with E-state index in [0.717, 1.165) is 12.1 Å². The van der Waals surface area contributed by atoms with Crippen LogP contribution in [0.15, 0.2) is 59.8 Å². The van der Waals surface area contributed by atoms with Gasteiger partial charge in [0.1, 0.15) is 5.75 Å². The highest BCUT2D eigenvalue weighted by atomic mass is 32.2. The molecule has 12 heteroatoms. The van der Waals surface area contributed by atoms with Crippen LogP contribution in [0.2, 0.25) is 0 Å². The molecule has 0 unspecified atom stereocenters. The summed E-state index contributed by atoms with van der Waals surface area (Å²) >= 11 is 0. The molecule has 3 heterocycles. The van der Waals surface area contributed by atoms with Crippen LogP contribution in [0.4, 0.5) is 24.8 Å². The maximum Gasteiger partial charge on any atom is 0.416 e. The number of rotatable bonds is 5. The molecule has 36 heavy (non-hydrogen) atoms. The van der Waals surface area contributed by atoms with Gasteiger partial charge >= 0.3 is 6.18 Å². The summed E-state index contributed by atoms with van der Waals surface area (Å²) in [5, 5.41) is 0. The molecule has 8 nitrogen and oxygen atoms in total. The lowest BCUT2D eigenvalue weighted by molar-refractivity contribution is -0.137. The van der Waals surface area contributed by atoms with E-state index in [1.165, 1.54) is 35.5 Å². The van der Waals surface area contributed by atoms with Crippen molar-refractivity contribution in [3.8, 4) is 5.75 Å². The zero-order valence-electron chi connectivity index (χ0n) is 18.8. The predicted molar refractivity (Wildman–Crippen MR) is 124 cm³/mol. The Balaban J connectivity index is 1.53. The SMILES string of the molecule is O=C1CCCN1c1cc(C(F)(F)F)ccc1[C@H]1CCOc2cc(S(=O)(=O)Nc3ncccn3)ccc21. The van der Waals surface area contributed by atoms with E-state index in [9.17, 15) is 26.4 Å². The highest BCUT2D eigenvalue weighted by molar-refractivity contribution is 7.92. The van der Waals surface area contributed by atoms with Crippen LogP contribution in [0.5, 0.6) is 5.75 Å². The van der Waals surface area contributed by atoms with Crippen molar-refractivity contribution >= 4 is 27.6 Å². The number of nitrogens with one attached hydrogen (secondary N) is 1. The standard InChI is InChI=1S/C24H21F3N4O4S/c25-24(26,27)15-4-6-18(20(13-15)31-11-1-3-22(31)32)17-8-12-35-21-14-16(5-7-19(17)21)36(33,34)30-23-28-9-2-10-29-23/h2,4-7,9-10,13-14,17H,1,3,8,11-12H2,(H,28,29,30)/t17-/m1/s1. The minimum absolute atomic E-state index is 0.0725. The molecule has 188 valence electrons. The van der Waals surface area contributed by atoms with Crippen molar-refractivity contribution < 1.29 is 31.1 Å². The molecule has 1 amide bonds. The van der Waals surface area contributed by atoms with Gasteiger partial charge in [0.05, 0.1) is 17.1 Å². The first-order valence-corrected chi connectivity index (χ1v) is 12.7. The minimum Gasteiger partial charge on any atom is -0.493 e. The van der Waals surface area contributed by atoms with Gasteiger partial charge in [-0.05, 0) is 42.7 Å². The number of hydrogen-bond acceptors (Lipinski definition) is 6. The van der Waals surface area contributed by atoms with Crippen LogP contribution in [0.25, 0.3) is 0 Å². The van der Waals surface area contributed by atoms with Crippen LogP contribution < -0.4 is 14.4 Å². The molecule has 1 aromatic heterocycles. The number of halogens is 3. The average molecular weight is 519 g/mol. The largest absolute Gasteiger partial charge is 0.493 e. The summed E-state index contributed by atoms with van der Waals surface area (Å²) in [5.41, 5.74) is 0.590. The van der Waals surface area contributed by atoms with Crippen LogP contribution in [0.3, 0.4) is 0 Å². The highest BCUT2D eigenvalue weighted by Crippen LogP contribution is 2.45. The van der Waals surface area contributed by atoms with Crippen molar-refractivity contribution in [2.45, 2.75) is 36.3 Å². The molecule has 0 bridgehead atoms.